The molecule has 2 aromatic carbocycles. The molecule has 0 saturated heterocycles. The van der Waals surface area contributed by atoms with Gasteiger partial charge >= 0.3 is 0 Å². The highest BCUT2D eigenvalue weighted by atomic mass is 19.3. The Morgan fingerprint density at radius 2 is 1.93 bits per heavy atom. The molecule has 0 spiro atoms. The molecule has 7 heteroatoms. The number of carbonyl (C=O) groups excluding carboxylic acids is 2. The number of nitrogens with zero attached hydrogens (tertiary/aromatic N) is 3. The fourth-order valence-corrected chi connectivity index (χ4v) is 3.21. The molecule has 148 valence electrons. The van der Waals surface area contributed by atoms with Gasteiger partial charge in [-0.25, -0.2) is 8.78 Å². The van der Waals surface area contributed by atoms with Gasteiger partial charge in [0.2, 0.25) is 0 Å². The van der Waals surface area contributed by atoms with Gasteiger partial charge in [-0.2, -0.15) is 15.4 Å². The summed E-state index contributed by atoms with van der Waals surface area (Å²) in [5, 5.41) is 14.2. The monoisotopic (exact) mass is 395 g/mol. The first-order chi connectivity index (χ1) is 13.8. The molecule has 1 heterocycles. The van der Waals surface area contributed by atoms with E-state index < -0.39 is 23.5 Å². The van der Waals surface area contributed by atoms with E-state index >= 15 is 0 Å². The SMILES string of the molecule is CCC(F)(F)c1cccc(CC(=O)C2C(=O)N(c3ccc(C#N)cc3)N=C2C)c1. The number of hydrazone groups is 1. The number of ketones is 1. The number of anilines is 1. The second-order valence-corrected chi connectivity index (χ2v) is 6.88. The highest BCUT2D eigenvalue weighted by Gasteiger charge is 2.39. The van der Waals surface area contributed by atoms with Crippen LogP contribution < -0.4 is 5.01 Å². The van der Waals surface area contributed by atoms with E-state index in [0.29, 0.717) is 22.5 Å². The smallest absolute Gasteiger partial charge is 0.273 e. The Hall–Kier alpha value is -3.40. The van der Waals surface area contributed by atoms with E-state index in [9.17, 15) is 18.4 Å². The summed E-state index contributed by atoms with van der Waals surface area (Å²) in [6.07, 6.45) is -0.477. The van der Waals surface area contributed by atoms with Crippen LogP contribution in [-0.4, -0.2) is 17.4 Å². The molecule has 1 unspecified atom stereocenters. The van der Waals surface area contributed by atoms with Gasteiger partial charge in [0.05, 0.1) is 23.0 Å². The molecule has 0 saturated carbocycles. The van der Waals surface area contributed by atoms with Gasteiger partial charge in [-0.15, -0.1) is 0 Å². The van der Waals surface area contributed by atoms with Crippen molar-refractivity contribution in [3.63, 3.8) is 0 Å². The highest BCUT2D eigenvalue weighted by Crippen LogP contribution is 2.32. The minimum Gasteiger partial charge on any atom is -0.298 e. The lowest BCUT2D eigenvalue weighted by atomic mass is 9.92. The second kappa shape index (κ2) is 7.92. The number of hydrogen-bond donors (Lipinski definition) is 0. The lowest BCUT2D eigenvalue weighted by molar-refractivity contribution is -0.128. The topological polar surface area (TPSA) is 73.5 Å². The summed E-state index contributed by atoms with van der Waals surface area (Å²) in [6.45, 7) is 2.98. The number of Topliss-reactive ketones (excluding diaryl/α,β-unsaturated/α-hetero) is 1. The van der Waals surface area contributed by atoms with Crippen LogP contribution in [0.5, 0.6) is 0 Å². The number of rotatable bonds is 6. The zero-order chi connectivity index (χ0) is 21.2. The molecule has 2 aromatic rings. The quantitative estimate of drug-likeness (QED) is 0.688. The van der Waals surface area contributed by atoms with Crippen LogP contribution in [0.3, 0.4) is 0 Å². The molecule has 1 atom stereocenters. The Bertz CT molecular complexity index is 1020. The standard InChI is InChI=1S/C22H19F2N3O2/c1-3-22(23,24)17-6-4-5-16(11-17)12-19(28)20-14(2)26-27(21(20)29)18-9-7-15(13-25)8-10-18/h4-11,20H,3,12H2,1-2H3. The van der Waals surface area contributed by atoms with Crippen molar-refractivity contribution in [2.24, 2.45) is 11.0 Å². The maximum atomic E-state index is 13.9. The van der Waals surface area contributed by atoms with E-state index in [-0.39, 0.29) is 18.4 Å². The summed E-state index contributed by atoms with van der Waals surface area (Å²) in [6, 6.07) is 14.0. The lowest BCUT2D eigenvalue weighted by Gasteiger charge is -2.16. The van der Waals surface area contributed by atoms with Crippen LogP contribution in [0.15, 0.2) is 53.6 Å². The van der Waals surface area contributed by atoms with Crippen molar-refractivity contribution >= 4 is 23.1 Å². The molecule has 1 aliphatic rings. The maximum absolute atomic E-state index is 13.9. The Morgan fingerprint density at radius 1 is 1.24 bits per heavy atom. The number of nitriles is 1. The van der Waals surface area contributed by atoms with E-state index in [1.165, 1.54) is 25.1 Å². The molecule has 0 fully saturated rings. The van der Waals surface area contributed by atoms with Crippen LogP contribution in [0.2, 0.25) is 0 Å². The molecule has 0 aromatic heterocycles. The molecule has 0 N–H and O–H groups in total. The summed E-state index contributed by atoms with van der Waals surface area (Å²) in [4.78, 5) is 25.6. The average Bonchev–Trinajstić information content (AvgIpc) is 3.02. The van der Waals surface area contributed by atoms with Crippen LogP contribution in [0.4, 0.5) is 14.5 Å². The summed E-state index contributed by atoms with van der Waals surface area (Å²) in [5.41, 5.74) is 1.52. The predicted octanol–water partition coefficient (Wildman–Crippen LogP) is 4.21. The average molecular weight is 395 g/mol. The largest absolute Gasteiger partial charge is 0.298 e. The fraction of sp³-hybridized carbons (Fsp3) is 0.273. The van der Waals surface area contributed by atoms with Crippen molar-refractivity contribution in [3.05, 3.63) is 65.2 Å². The van der Waals surface area contributed by atoms with Crippen LogP contribution >= 0.6 is 0 Å². The zero-order valence-corrected chi connectivity index (χ0v) is 16.0. The van der Waals surface area contributed by atoms with E-state index in [0.717, 1.165) is 5.01 Å². The Morgan fingerprint density at radius 3 is 2.55 bits per heavy atom. The predicted molar refractivity (Wildman–Crippen MR) is 105 cm³/mol. The molecule has 5 nitrogen and oxygen atoms in total. The minimum absolute atomic E-state index is 0.141. The second-order valence-electron chi connectivity index (χ2n) is 6.88. The van der Waals surface area contributed by atoms with E-state index in [1.807, 2.05) is 6.07 Å². The Labute approximate surface area is 167 Å². The molecule has 0 radical (unpaired) electrons. The van der Waals surface area contributed by atoms with Crippen molar-refractivity contribution in [3.8, 4) is 6.07 Å². The van der Waals surface area contributed by atoms with E-state index in [4.69, 9.17) is 5.26 Å². The van der Waals surface area contributed by atoms with Crippen molar-refractivity contribution in [1.82, 2.24) is 0 Å². The molecule has 0 bridgehead atoms. The van der Waals surface area contributed by atoms with Gasteiger partial charge in [0.25, 0.3) is 11.8 Å². The van der Waals surface area contributed by atoms with Gasteiger partial charge in [0.1, 0.15) is 5.92 Å². The van der Waals surface area contributed by atoms with Gasteiger partial charge < -0.3 is 0 Å². The summed E-state index contributed by atoms with van der Waals surface area (Å²) >= 11 is 0. The number of benzene rings is 2. The maximum Gasteiger partial charge on any atom is 0.273 e. The molecular weight excluding hydrogens is 376 g/mol. The molecule has 29 heavy (non-hydrogen) atoms. The minimum atomic E-state index is -2.97. The van der Waals surface area contributed by atoms with Crippen LogP contribution in [0.1, 0.15) is 37.0 Å². The van der Waals surface area contributed by atoms with Gasteiger partial charge in [-0.1, -0.05) is 25.1 Å². The van der Waals surface area contributed by atoms with E-state index in [2.05, 4.69) is 5.10 Å². The molecule has 1 amide bonds. The fourth-order valence-electron chi connectivity index (χ4n) is 3.21. The first-order valence-corrected chi connectivity index (χ1v) is 9.16. The van der Waals surface area contributed by atoms with Crippen molar-refractivity contribution in [1.29, 1.82) is 5.26 Å². The van der Waals surface area contributed by atoms with Crippen molar-refractivity contribution < 1.29 is 18.4 Å². The molecule has 3 rings (SSSR count). The first-order valence-electron chi connectivity index (χ1n) is 9.16. The van der Waals surface area contributed by atoms with E-state index in [1.54, 1.807) is 37.3 Å². The van der Waals surface area contributed by atoms with Crippen LogP contribution in [-0.2, 0) is 21.9 Å². The van der Waals surface area contributed by atoms with Gasteiger partial charge in [-0.05, 0) is 42.8 Å². The summed E-state index contributed by atoms with van der Waals surface area (Å²) < 4.78 is 27.9. The third kappa shape index (κ3) is 4.06. The van der Waals surface area contributed by atoms with Gasteiger partial charge in [0, 0.05) is 18.4 Å². The number of amides is 1. The zero-order valence-electron chi connectivity index (χ0n) is 16.0. The molecule has 1 aliphatic heterocycles. The van der Waals surface area contributed by atoms with Crippen molar-refractivity contribution in [2.75, 3.05) is 5.01 Å². The van der Waals surface area contributed by atoms with Crippen molar-refractivity contribution in [2.45, 2.75) is 32.6 Å². The summed E-state index contributed by atoms with van der Waals surface area (Å²) in [7, 11) is 0. The van der Waals surface area contributed by atoms with Crippen LogP contribution in [0, 0.1) is 17.2 Å². The Kier molecular flexibility index (Phi) is 5.55. The number of halogens is 2. The highest BCUT2D eigenvalue weighted by molar-refractivity contribution is 6.27. The number of hydrogen-bond acceptors (Lipinski definition) is 4. The van der Waals surface area contributed by atoms with Crippen LogP contribution in [0.25, 0.3) is 0 Å². The summed E-state index contributed by atoms with van der Waals surface area (Å²) in [5.74, 6) is -4.91. The first kappa shape index (κ1) is 20.3. The number of alkyl halides is 2. The molecular formula is C22H19F2N3O2. The van der Waals surface area contributed by atoms with Gasteiger partial charge in [0.15, 0.2) is 5.78 Å². The Balaban J connectivity index is 1.78. The van der Waals surface area contributed by atoms with Gasteiger partial charge in [-0.3, -0.25) is 9.59 Å². The molecule has 0 aliphatic carbocycles. The number of carbonyl (C=O) groups is 2. The third-order valence-electron chi connectivity index (χ3n) is 4.87. The third-order valence-corrected chi connectivity index (χ3v) is 4.87. The lowest BCUT2D eigenvalue weighted by Crippen LogP contribution is -2.33. The normalized spacial score (nSPS) is 16.5.